The number of aliphatic hydroxyl groups is 1. The second-order valence-corrected chi connectivity index (χ2v) is 6.97. The van der Waals surface area contributed by atoms with Gasteiger partial charge in [-0.2, -0.15) is 0 Å². The average Bonchev–Trinajstić information content (AvgIpc) is 2.76. The van der Waals surface area contributed by atoms with Gasteiger partial charge in [0.25, 0.3) is 5.91 Å². The molecule has 0 unspecified atom stereocenters. The Kier molecular flexibility index (Phi) is 4.34. The van der Waals surface area contributed by atoms with Crippen molar-refractivity contribution in [3.05, 3.63) is 34.9 Å². The highest BCUT2D eigenvalue weighted by molar-refractivity contribution is 6.30. The van der Waals surface area contributed by atoms with Crippen LogP contribution in [0.5, 0.6) is 0 Å². The number of benzene rings is 1. The molecule has 1 saturated heterocycles. The molecule has 3 rings (SSSR count). The topological polar surface area (TPSA) is 69.6 Å². The Morgan fingerprint density at radius 3 is 2.70 bits per heavy atom. The Bertz CT molecular complexity index is 619. The predicted molar refractivity (Wildman–Crippen MR) is 87.0 cm³/mol. The van der Waals surface area contributed by atoms with Crippen molar-refractivity contribution in [2.24, 2.45) is 5.92 Å². The third-order valence-electron chi connectivity index (χ3n) is 5.11. The molecular weight excluding hydrogens is 316 g/mol. The van der Waals surface area contributed by atoms with Crippen molar-refractivity contribution < 1.29 is 14.7 Å². The van der Waals surface area contributed by atoms with Gasteiger partial charge in [0.1, 0.15) is 5.54 Å². The second kappa shape index (κ2) is 6.13. The lowest BCUT2D eigenvalue weighted by Crippen LogP contribution is -2.54. The van der Waals surface area contributed by atoms with E-state index in [-0.39, 0.29) is 18.4 Å². The largest absolute Gasteiger partial charge is 0.387 e. The van der Waals surface area contributed by atoms with E-state index in [4.69, 9.17) is 11.6 Å². The minimum absolute atomic E-state index is 0.0409. The third-order valence-corrected chi connectivity index (χ3v) is 5.36. The Morgan fingerprint density at radius 1 is 1.35 bits per heavy atom. The van der Waals surface area contributed by atoms with Gasteiger partial charge in [0.2, 0.25) is 0 Å². The van der Waals surface area contributed by atoms with Crippen molar-refractivity contribution in [3.8, 4) is 0 Å². The number of nitrogens with one attached hydrogen (secondary N) is 1. The maximum absolute atomic E-state index is 12.8. The second-order valence-electron chi connectivity index (χ2n) is 6.53. The lowest BCUT2D eigenvalue weighted by atomic mass is 9.73. The summed E-state index contributed by atoms with van der Waals surface area (Å²) < 4.78 is 0. The number of halogens is 1. The number of nitrogens with zero attached hydrogens (tertiary/aromatic N) is 1. The molecule has 1 aliphatic heterocycles. The normalized spacial score (nSPS) is 29.0. The van der Waals surface area contributed by atoms with Crippen molar-refractivity contribution in [2.45, 2.75) is 44.2 Å². The van der Waals surface area contributed by atoms with Gasteiger partial charge in [-0.3, -0.25) is 9.69 Å². The van der Waals surface area contributed by atoms with Crippen LogP contribution in [-0.4, -0.2) is 34.0 Å². The van der Waals surface area contributed by atoms with Crippen molar-refractivity contribution in [3.63, 3.8) is 0 Å². The fraction of sp³-hybridized carbons (Fsp3) is 0.529. The lowest BCUT2D eigenvalue weighted by molar-refractivity contribution is -0.135. The van der Waals surface area contributed by atoms with Crippen LogP contribution in [0.3, 0.4) is 0 Å². The van der Waals surface area contributed by atoms with Crippen LogP contribution in [-0.2, 0) is 4.79 Å². The molecule has 1 aliphatic carbocycles. The first-order valence-corrected chi connectivity index (χ1v) is 8.39. The van der Waals surface area contributed by atoms with Gasteiger partial charge >= 0.3 is 6.03 Å². The molecule has 1 spiro atoms. The van der Waals surface area contributed by atoms with Gasteiger partial charge < -0.3 is 10.4 Å². The van der Waals surface area contributed by atoms with E-state index < -0.39 is 17.7 Å². The number of urea groups is 1. The lowest BCUT2D eigenvalue weighted by Gasteiger charge is -2.36. The molecule has 2 aliphatic rings. The minimum Gasteiger partial charge on any atom is -0.387 e. The summed E-state index contributed by atoms with van der Waals surface area (Å²) in [6.45, 7) is 1.97. The first-order valence-electron chi connectivity index (χ1n) is 8.01. The molecule has 2 fully saturated rings. The van der Waals surface area contributed by atoms with Crippen molar-refractivity contribution in [1.82, 2.24) is 10.2 Å². The number of carbonyl (C=O) groups is 2. The van der Waals surface area contributed by atoms with E-state index in [1.54, 1.807) is 24.3 Å². The van der Waals surface area contributed by atoms with Crippen molar-refractivity contribution in [1.29, 1.82) is 0 Å². The summed E-state index contributed by atoms with van der Waals surface area (Å²) in [6, 6.07) is 6.35. The van der Waals surface area contributed by atoms with Gasteiger partial charge in [-0.05, 0) is 36.5 Å². The van der Waals surface area contributed by atoms with E-state index in [0.29, 0.717) is 17.0 Å². The first-order chi connectivity index (χ1) is 10.9. The van der Waals surface area contributed by atoms with E-state index in [1.165, 1.54) is 0 Å². The van der Waals surface area contributed by atoms with E-state index in [0.717, 1.165) is 24.2 Å². The summed E-state index contributed by atoms with van der Waals surface area (Å²) in [7, 11) is 0. The fourth-order valence-corrected chi connectivity index (χ4v) is 3.75. The third kappa shape index (κ3) is 2.83. The number of aliphatic hydroxyl groups excluding tert-OH is 1. The quantitative estimate of drug-likeness (QED) is 0.834. The molecule has 6 heteroatoms. The molecule has 3 amide bonds. The molecule has 0 bridgehead atoms. The molecule has 23 heavy (non-hydrogen) atoms. The van der Waals surface area contributed by atoms with Crippen LogP contribution in [0.4, 0.5) is 4.79 Å². The predicted octanol–water partition coefficient (Wildman–Crippen LogP) is 2.87. The van der Waals surface area contributed by atoms with Crippen LogP contribution in [0.1, 0.15) is 44.3 Å². The van der Waals surface area contributed by atoms with Crippen LogP contribution >= 0.6 is 11.6 Å². The number of rotatable bonds is 3. The SMILES string of the molecule is C[C@@H]1CCCC[C@@]12NC(=O)N(C[C@H](O)c1ccc(Cl)cc1)C2=O. The molecule has 2 N–H and O–H groups in total. The Hall–Kier alpha value is -1.59. The molecule has 0 aromatic heterocycles. The summed E-state index contributed by atoms with van der Waals surface area (Å²) in [4.78, 5) is 26.3. The molecule has 1 heterocycles. The van der Waals surface area contributed by atoms with Crippen LogP contribution in [0, 0.1) is 5.92 Å². The van der Waals surface area contributed by atoms with Gasteiger partial charge in [-0.1, -0.05) is 43.5 Å². The summed E-state index contributed by atoms with van der Waals surface area (Å²) in [6.07, 6.45) is 2.70. The van der Waals surface area contributed by atoms with Crippen LogP contribution < -0.4 is 5.32 Å². The average molecular weight is 337 g/mol. The van der Waals surface area contributed by atoms with Gasteiger partial charge in [0.15, 0.2) is 0 Å². The van der Waals surface area contributed by atoms with Crippen LogP contribution in [0.15, 0.2) is 24.3 Å². The molecule has 1 aromatic carbocycles. The number of hydrogen-bond donors (Lipinski definition) is 2. The zero-order chi connectivity index (χ0) is 16.6. The highest BCUT2D eigenvalue weighted by Crippen LogP contribution is 2.38. The van der Waals surface area contributed by atoms with Gasteiger partial charge in [0, 0.05) is 5.02 Å². The molecule has 1 saturated carbocycles. The first kappa shape index (κ1) is 16.3. The van der Waals surface area contributed by atoms with E-state index in [9.17, 15) is 14.7 Å². The molecule has 0 radical (unpaired) electrons. The summed E-state index contributed by atoms with van der Waals surface area (Å²) >= 11 is 5.84. The Labute approximate surface area is 140 Å². The van der Waals surface area contributed by atoms with E-state index in [2.05, 4.69) is 5.32 Å². The van der Waals surface area contributed by atoms with Gasteiger partial charge in [0.05, 0.1) is 12.6 Å². The highest BCUT2D eigenvalue weighted by atomic mass is 35.5. The number of amides is 3. The monoisotopic (exact) mass is 336 g/mol. The minimum atomic E-state index is -0.920. The molecule has 1 aromatic rings. The van der Waals surface area contributed by atoms with Gasteiger partial charge in [-0.15, -0.1) is 0 Å². The number of hydrogen-bond acceptors (Lipinski definition) is 3. The van der Waals surface area contributed by atoms with Crippen LogP contribution in [0.2, 0.25) is 5.02 Å². The van der Waals surface area contributed by atoms with Crippen molar-refractivity contribution >= 4 is 23.5 Å². The molecular formula is C17H21ClN2O3. The Morgan fingerprint density at radius 2 is 2.04 bits per heavy atom. The summed E-state index contributed by atoms with van der Waals surface area (Å²) in [5.41, 5.74) is -0.151. The van der Waals surface area contributed by atoms with E-state index in [1.807, 2.05) is 6.92 Å². The zero-order valence-corrected chi connectivity index (χ0v) is 13.8. The standard InChI is InChI=1S/C17H21ClN2O3/c1-11-4-2-3-9-17(11)15(22)20(16(23)19-17)10-14(21)12-5-7-13(18)8-6-12/h5-8,11,14,21H,2-4,9-10H2,1H3,(H,19,23)/t11-,14+,17-/m1/s1. The molecule has 5 nitrogen and oxygen atoms in total. The number of carbonyl (C=O) groups excluding carboxylic acids is 2. The molecule has 3 atom stereocenters. The zero-order valence-electron chi connectivity index (χ0n) is 13.1. The fourth-order valence-electron chi connectivity index (χ4n) is 3.62. The summed E-state index contributed by atoms with van der Waals surface area (Å²) in [5.74, 6) is -0.0897. The van der Waals surface area contributed by atoms with Crippen molar-refractivity contribution in [2.75, 3.05) is 6.54 Å². The Balaban J connectivity index is 1.76. The maximum Gasteiger partial charge on any atom is 0.325 e. The van der Waals surface area contributed by atoms with Crippen LogP contribution in [0.25, 0.3) is 0 Å². The number of imide groups is 1. The van der Waals surface area contributed by atoms with E-state index >= 15 is 0 Å². The summed E-state index contributed by atoms with van der Waals surface area (Å²) in [5, 5.41) is 13.8. The van der Waals surface area contributed by atoms with Gasteiger partial charge in [-0.25, -0.2) is 4.79 Å². The maximum atomic E-state index is 12.8. The smallest absolute Gasteiger partial charge is 0.325 e. The number of β-amino-alcohol motifs (C(OH)–C–C–N with tert-alkyl or cyclic N) is 1. The highest BCUT2D eigenvalue weighted by Gasteiger charge is 2.55. The molecule has 124 valence electrons.